The van der Waals surface area contributed by atoms with Gasteiger partial charge in [-0.15, -0.1) is 11.8 Å². The van der Waals surface area contributed by atoms with Gasteiger partial charge in [-0.25, -0.2) is 14.4 Å². The van der Waals surface area contributed by atoms with Crippen LogP contribution in [0.5, 0.6) is 0 Å². The number of hydrogen-bond donors (Lipinski definition) is 13. The number of carbonyl (C=O) groups is 14. The lowest BCUT2D eigenvalue weighted by Gasteiger charge is -2.32. The van der Waals surface area contributed by atoms with Gasteiger partial charge >= 0.3 is 18.2 Å². The van der Waals surface area contributed by atoms with E-state index in [-0.39, 0.29) is 134 Å². The average molecular weight is 1630 g/mol. The van der Waals surface area contributed by atoms with E-state index in [4.69, 9.17) is 37.1 Å². The predicted molar refractivity (Wildman–Crippen MR) is 434 cm³/mol. The Morgan fingerprint density at radius 3 is 1.40 bits per heavy atom. The molecule has 0 bridgehead atoms. The zero-order valence-corrected chi connectivity index (χ0v) is 67.3. The van der Waals surface area contributed by atoms with Crippen molar-refractivity contribution in [3.63, 3.8) is 0 Å². The molecule has 2 aliphatic rings. The largest absolute Gasteiger partial charge is 0.467 e. The Balaban J connectivity index is 1.20. The summed E-state index contributed by atoms with van der Waals surface area (Å²) in [6.07, 6.45) is 0.687. The van der Waals surface area contributed by atoms with Crippen molar-refractivity contribution in [3.05, 3.63) is 144 Å². The first-order valence-corrected chi connectivity index (χ1v) is 41.2. The molecule has 4 aromatic carbocycles. The molecular formula is C80H112N16O17S2. The third-order valence-electron chi connectivity index (χ3n) is 19.0. The number of unbranched alkanes of at least 4 members (excludes halogenated alkanes) is 1. The number of methoxy groups -OCH3 is 1. The highest BCUT2D eigenvalue weighted by Gasteiger charge is 2.43. The Labute approximate surface area is 679 Å². The zero-order valence-electron chi connectivity index (χ0n) is 65.7. The molecule has 2 fully saturated rings. The lowest BCUT2D eigenvalue weighted by molar-refractivity contribution is -0.145. The second-order valence-electron chi connectivity index (χ2n) is 28.4. The van der Waals surface area contributed by atoms with E-state index in [9.17, 15) is 62.3 Å². The third-order valence-corrected chi connectivity index (χ3v) is 20.9. The summed E-state index contributed by atoms with van der Waals surface area (Å²) >= 11 is 2.81. The normalized spacial score (nSPS) is 15.7. The second-order valence-corrected chi connectivity index (χ2v) is 30.7. The topological polar surface area (TPSA) is 498 Å². The van der Waals surface area contributed by atoms with E-state index < -0.39 is 163 Å². The standard InChI is InChI=1S/C80H112N16O17S2/c1-51(2)46-65(74(105)91-60(38-44-114-4)77(108)111-3)115-45-41-85-68(99)61(47-52-22-9-5-10-23-52)92-71(102)62(48-53-24-11-6-12-25-53)93-70(101)56(34-36-66(81)97)88-69(100)57(35-37-67(82)98)89-72(103)63-32-20-42-95(63)75(106)58(30-17-18-39-87-79(109)112-49-54-26-13-7-14-27-54)90-73(104)64-33-21-43-96(64)76(107)59(31-19-40-86-78(83)84)94-80(110)113-50-55-28-15-8-16-29-55/h5-16,22-29,51,56-65H,17-21,30-50H2,1-4H3,(H2,81,97)(H2,82,98)(H,85,99)(H,87,109)(H,88,100)(H,89,103)(H,90,104)(H,91,105)(H,92,102)(H,93,101)(H,94,110)(H4,83,84,86)/t56-,57-,58-,59-,60+,61+,62-,63+,64+,65-/m0/s1. The Bertz CT molecular complexity index is 3870. The first-order chi connectivity index (χ1) is 55.2. The van der Waals surface area contributed by atoms with Crippen molar-refractivity contribution in [1.82, 2.24) is 57.7 Å². The molecule has 2 saturated heterocycles. The quantitative estimate of drug-likeness (QED) is 0.00993. The van der Waals surface area contributed by atoms with Crippen LogP contribution in [0, 0.1) is 5.92 Å². The number of hydrogen-bond acceptors (Lipinski definition) is 20. The molecule has 17 N–H and O–H groups in total. The lowest BCUT2D eigenvalue weighted by atomic mass is 10.0. The predicted octanol–water partition coefficient (Wildman–Crippen LogP) is 2.53. The maximum atomic E-state index is 15.2. The number of likely N-dealkylation sites (tertiary alicyclic amines) is 2. The molecule has 0 aromatic heterocycles. The third kappa shape index (κ3) is 33.6. The Hall–Kier alpha value is -11.0. The lowest BCUT2D eigenvalue weighted by Crippen LogP contribution is -2.60. The van der Waals surface area contributed by atoms with Crippen molar-refractivity contribution in [2.45, 2.75) is 196 Å². The van der Waals surface area contributed by atoms with Gasteiger partial charge in [-0.3, -0.25) is 57.7 Å². The number of primary amides is 2. The highest BCUT2D eigenvalue weighted by Crippen LogP contribution is 2.25. The van der Waals surface area contributed by atoms with Gasteiger partial charge in [0.15, 0.2) is 5.96 Å². The Morgan fingerprint density at radius 2 is 0.913 bits per heavy atom. The van der Waals surface area contributed by atoms with Crippen molar-refractivity contribution in [2.24, 2.45) is 33.8 Å². The van der Waals surface area contributed by atoms with Crippen LogP contribution in [0.1, 0.15) is 132 Å². The summed E-state index contributed by atoms with van der Waals surface area (Å²) in [6.45, 7) is 4.18. The molecule has 10 atom stereocenters. The van der Waals surface area contributed by atoms with E-state index >= 15 is 4.79 Å². The van der Waals surface area contributed by atoms with Crippen molar-refractivity contribution in [3.8, 4) is 0 Å². The number of esters is 1. The molecule has 4 aromatic rings. The number of carbonyl (C=O) groups excluding carboxylic acids is 14. The molecule has 0 unspecified atom stereocenters. The van der Waals surface area contributed by atoms with Gasteiger partial charge in [-0.05, 0) is 124 Å². The smallest absolute Gasteiger partial charge is 0.408 e. The molecule has 626 valence electrons. The highest BCUT2D eigenvalue weighted by molar-refractivity contribution is 8.00. The SMILES string of the molecule is COC(=O)[C@@H](CCSC)NC(=O)[C@H](CC(C)C)SCCNC(=O)[C@@H](Cc1ccccc1)NC(=O)[C@H](Cc1ccccc1)NC(=O)[C@H](CCC(N)=O)NC(=O)[C@H](CCC(N)=O)NC(=O)[C@H]1CCCN1C(=O)[C@H](CCCCNC(=O)OCc1ccccc1)NC(=O)[C@H]1CCCN1C(=O)[C@H](CCCN=C(N)N)NC(=O)OCc1ccccc1. The van der Waals surface area contributed by atoms with Gasteiger partial charge in [-0.2, -0.15) is 11.8 Å². The van der Waals surface area contributed by atoms with Gasteiger partial charge < -0.3 is 94.8 Å². The molecule has 0 saturated carbocycles. The molecule has 13 amide bonds. The summed E-state index contributed by atoms with van der Waals surface area (Å²) in [6, 6.07) is 23.4. The highest BCUT2D eigenvalue weighted by atomic mass is 32.2. The fraction of sp³-hybridized carbons (Fsp3) is 0.512. The summed E-state index contributed by atoms with van der Waals surface area (Å²) in [5.41, 5.74) is 25.1. The van der Waals surface area contributed by atoms with Crippen molar-refractivity contribution < 1.29 is 81.3 Å². The van der Waals surface area contributed by atoms with E-state index in [2.05, 4.69) is 52.8 Å². The number of rotatable bonds is 49. The first kappa shape index (κ1) is 92.9. The van der Waals surface area contributed by atoms with E-state index in [1.165, 1.54) is 40.4 Å². The number of benzene rings is 4. The van der Waals surface area contributed by atoms with Crippen molar-refractivity contribution >= 4 is 113 Å². The van der Waals surface area contributed by atoms with Crippen LogP contribution in [0.2, 0.25) is 0 Å². The number of nitrogens with one attached hydrogen (secondary N) is 9. The molecule has 2 heterocycles. The number of guanidine groups is 1. The summed E-state index contributed by atoms with van der Waals surface area (Å²) in [5.74, 6) is -8.27. The zero-order chi connectivity index (χ0) is 83.6. The number of ether oxygens (including phenoxy) is 3. The van der Waals surface area contributed by atoms with Crippen LogP contribution in [0.3, 0.4) is 0 Å². The summed E-state index contributed by atoms with van der Waals surface area (Å²) in [5, 5.41) is 24.1. The molecule has 115 heavy (non-hydrogen) atoms. The van der Waals surface area contributed by atoms with E-state index in [0.29, 0.717) is 41.7 Å². The molecule has 33 nitrogen and oxygen atoms in total. The minimum Gasteiger partial charge on any atom is -0.467 e. The van der Waals surface area contributed by atoms with Crippen LogP contribution in [0.4, 0.5) is 9.59 Å². The minimum absolute atomic E-state index is 0.0101. The van der Waals surface area contributed by atoms with Gasteiger partial charge in [0.25, 0.3) is 0 Å². The van der Waals surface area contributed by atoms with Crippen LogP contribution in [0.15, 0.2) is 126 Å². The van der Waals surface area contributed by atoms with Crippen LogP contribution < -0.4 is 70.8 Å². The molecule has 35 heteroatoms. The number of thioether (sulfide) groups is 2. The molecule has 0 aliphatic carbocycles. The molecule has 2 aliphatic heterocycles. The Kier molecular flexibility index (Phi) is 40.6. The van der Waals surface area contributed by atoms with Gasteiger partial charge in [-0.1, -0.05) is 135 Å². The van der Waals surface area contributed by atoms with Gasteiger partial charge in [0.1, 0.15) is 67.6 Å². The number of nitrogens with zero attached hydrogens (tertiary/aromatic N) is 3. The minimum atomic E-state index is -1.65. The maximum absolute atomic E-state index is 15.2. The van der Waals surface area contributed by atoms with E-state index in [0.717, 1.165) is 5.56 Å². The first-order valence-electron chi connectivity index (χ1n) is 38.7. The molecule has 0 radical (unpaired) electrons. The molecule has 0 spiro atoms. The van der Waals surface area contributed by atoms with Crippen molar-refractivity contribution in [1.29, 1.82) is 0 Å². The van der Waals surface area contributed by atoms with E-state index in [1.807, 2.05) is 26.2 Å². The van der Waals surface area contributed by atoms with Gasteiger partial charge in [0, 0.05) is 64.2 Å². The molecule has 6 rings (SSSR count). The van der Waals surface area contributed by atoms with Crippen molar-refractivity contribution in [2.75, 3.05) is 57.6 Å². The fourth-order valence-corrected chi connectivity index (χ4v) is 14.7. The fourth-order valence-electron chi connectivity index (χ4n) is 13.0. The number of alkyl carbamates (subject to hydrolysis) is 2. The maximum Gasteiger partial charge on any atom is 0.408 e. The summed E-state index contributed by atoms with van der Waals surface area (Å²) in [4.78, 5) is 202. The van der Waals surface area contributed by atoms with Gasteiger partial charge in [0.05, 0.1) is 12.4 Å². The number of aliphatic imine (C=N–C) groups is 1. The van der Waals surface area contributed by atoms with Gasteiger partial charge in [0.2, 0.25) is 65.0 Å². The average Bonchev–Trinajstić information content (AvgIpc) is 1.72. The summed E-state index contributed by atoms with van der Waals surface area (Å²) in [7, 11) is 1.25. The van der Waals surface area contributed by atoms with Crippen LogP contribution in [-0.4, -0.2) is 216 Å². The van der Waals surface area contributed by atoms with E-state index in [1.54, 1.807) is 115 Å². The number of amides is 13. The number of nitrogens with two attached hydrogens (primary N) is 4. The monoisotopic (exact) mass is 1630 g/mol. The summed E-state index contributed by atoms with van der Waals surface area (Å²) < 4.78 is 15.8. The molecular weight excluding hydrogens is 1520 g/mol. The van der Waals surface area contributed by atoms with Crippen LogP contribution >= 0.6 is 23.5 Å². The second kappa shape index (κ2) is 50.3. The van der Waals surface area contributed by atoms with Crippen LogP contribution in [0.25, 0.3) is 0 Å². The Morgan fingerprint density at radius 1 is 0.470 bits per heavy atom. The van der Waals surface area contributed by atoms with Crippen LogP contribution in [-0.2, 0) is 97.8 Å².